The zero-order chi connectivity index (χ0) is 27.2. The molecule has 202 valence electrons. The number of nitrogens with zero attached hydrogens (tertiary/aromatic N) is 1. The van der Waals surface area contributed by atoms with Crippen molar-refractivity contribution in [1.29, 1.82) is 0 Å². The maximum atomic E-state index is 13.1. The summed E-state index contributed by atoms with van der Waals surface area (Å²) in [5, 5.41) is 6.67. The van der Waals surface area contributed by atoms with Crippen molar-refractivity contribution in [3.63, 3.8) is 0 Å². The molecule has 0 unspecified atom stereocenters. The highest BCUT2D eigenvalue weighted by Gasteiger charge is 2.21. The highest BCUT2D eigenvalue weighted by atomic mass is 16.5. The Balaban J connectivity index is 2.03. The van der Waals surface area contributed by atoms with Crippen molar-refractivity contribution in [3.8, 4) is 5.75 Å². The third kappa shape index (κ3) is 12.2. The maximum Gasteiger partial charge on any atom is 0.237 e. The molecule has 0 aliphatic heterocycles. The number of amides is 1. The molecule has 1 amide bonds. The summed E-state index contributed by atoms with van der Waals surface area (Å²) in [7, 11) is 0. The van der Waals surface area contributed by atoms with Crippen molar-refractivity contribution in [2.24, 2.45) is 5.92 Å². The van der Waals surface area contributed by atoms with Gasteiger partial charge in [0.15, 0.2) is 0 Å². The van der Waals surface area contributed by atoms with Crippen LogP contribution in [-0.4, -0.2) is 37.6 Å². The number of anilines is 1. The second-order valence-electron chi connectivity index (χ2n) is 10.7. The first-order chi connectivity index (χ1) is 17.6. The molecule has 0 radical (unpaired) electrons. The van der Waals surface area contributed by atoms with Crippen LogP contribution in [0.15, 0.2) is 77.9 Å². The lowest BCUT2D eigenvalue weighted by atomic mass is 10.0. The fourth-order valence-corrected chi connectivity index (χ4v) is 3.95. The smallest absolute Gasteiger partial charge is 0.237 e. The van der Waals surface area contributed by atoms with E-state index in [1.807, 2.05) is 30.3 Å². The summed E-state index contributed by atoms with van der Waals surface area (Å²) in [6, 6.07) is 18.2. The van der Waals surface area contributed by atoms with Gasteiger partial charge >= 0.3 is 0 Å². The first-order valence-electron chi connectivity index (χ1n) is 13.5. The van der Waals surface area contributed by atoms with E-state index in [1.165, 1.54) is 11.1 Å². The molecule has 5 heteroatoms. The molecule has 0 fully saturated rings. The Morgan fingerprint density at radius 3 is 2.16 bits per heavy atom. The Kier molecular flexibility index (Phi) is 13.0. The Labute approximate surface area is 225 Å². The van der Waals surface area contributed by atoms with Gasteiger partial charge in [-0.1, -0.05) is 67.5 Å². The first-order valence-corrected chi connectivity index (χ1v) is 13.5. The number of allylic oxidation sites excluding steroid dienone is 2. The normalized spacial score (nSPS) is 12.4. The average molecular weight is 506 g/mol. The Morgan fingerprint density at radius 2 is 1.57 bits per heavy atom. The van der Waals surface area contributed by atoms with Gasteiger partial charge in [0.25, 0.3) is 0 Å². The van der Waals surface area contributed by atoms with Crippen LogP contribution in [0.2, 0.25) is 0 Å². The standard InChI is InChI=1S/C32H47N3O2/c1-24(2)17-19-33-31(21-26(5)6)32(36)34-27(7)22-35(20-18-25(3)4)29-13-15-30(16-14-29)37-23-28-11-9-8-10-12-28/h8-18,26-27,31,33H,19-23H2,1-7H3,(H,34,36)/t27-,31+/m0/s1. The number of ether oxygens (including phenoxy) is 1. The molecule has 2 atom stereocenters. The van der Waals surface area contributed by atoms with Gasteiger partial charge in [0.2, 0.25) is 5.91 Å². The van der Waals surface area contributed by atoms with Crippen LogP contribution in [0.1, 0.15) is 60.5 Å². The van der Waals surface area contributed by atoms with Gasteiger partial charge in [0, 0.05) is 31.4 Å². The van der Waals surface area contributed by atoms with Crippen molar-refractivity contribution in [2.75, 3.05) is 24.5 Å². The van der Waals surface area contributed by atoms with Crippen LogP contribution in [-0.2, 0) is 11.4 Å². The van der Waals surface area contributed by atoms with Crippen LogP contribution in [0.4, 0.5) is 5.69 Å². The Hall–Kier alpha value is -3.05. The number of benzene rings is 2. The lowest BCUT2D eigenvalue weighted by Crippen LogP contribution is -2.50. The zero-order valence-corrected chi connectivity index (χ0v) is 23.9. The van der Waals surface area contributed by atoms with Crippen molar-refractivity contribution in [2.45, 2.75) is 73.6 Å². The lowest BCUT2D eigenvalue weighted by molar-refractivity contribution is -0.124. The van der Waals surface area contributed by atoms with E-state index < -0.39 is 0 Å². The summed E-state index contributed by atoms with van der Waals surface area (Å²) in [6.45, 7) is 17.5. The van der Waals surface area contributed by atoms with Crippen molar-refractivity contribution in [1.82, 2.24) is 10.6 Å². The summed E-state index contributed by atoms with van der Waals surface area (Å²) in [6.07, 6.45) is 5.15. The second-order valence-corrected chi connectivity index (χ2v) is 10.7. The lowest BCUT2D eigenvalue weighted by Gasteiger charge is -2.29. The third-order valence-electron chi connectivity index (χ3n) is 5.95. The number of nitrogens with one attached hydrogen (secondary N) is 2. The minimum Gasteiger partial charge on any atom is -0.489 e. The molecular weight excluding hydrogens is 458 g/mol. The monoisotopic (exact) mass is 505 g/mol. The highest BCUT2D eigenvalue weighted by molar-refractivity contribution is 5.82. The van der Waals surface area contributed by atoms with Crippen LogP contribution < -0.4 is 20.3 Å². The van der Waals surface area contributed by atoms with E-state index in [4.69, 9.17) is 4.74 Å². The van der Waals surface area contributed by atoms with Crippen LogP contribution in [0.3, 0.4) is 0 Å². The van der Waals surface area contributed by atoms with E-state index in [2.05, 4.69) is 100 Å². The summed E-state index contributed by atoms with van der Waals surface area (Å²) in [4.78, 5) is 15.4. The Morgan fingerprint density at radius 1 is 0.919 bits per heavy atom. The third-order valence-corrected chi connectivity index (χ3v) is 5.95. The molecule has 0 aliphatic carbocycles. The summed E-state index contributed by atoms with van der Waals surface area (Å²) in [5.74, 6) is 1.34. The van der Waals surface area contributed by atoms with E-state index in [0.717, 1.165) is 30.0 Å². The largest absolute Gasteiger partial charge is 0.489 e. The number of carbonyl (C=O) groups is 1. The summed E-state index contributed by atoms with van der Waals surface area (Å²) in [5.41, 5.74) is 4.76. The fourth-order valence-electron chi connectivity index (χ4n) is 3.95. The summed E-state index contributed by atoms with van der Waals surface area (Å²) < 4.78 is 5.97. The van der Waals surface area contributed by atoms with Crippen molar-refractivity contribution < 1.29 is 9.53 Å². The molecule has 0 bridgehead atoms. The van der Waals surface area contributed by atoms with Gasteiger partial charge in [0.1, 0.15) is 12.4 Å². The quantitative estimate of drug-likeness (QED) is 0.271. The molecule has 0 aromatic heterocycles. The van der Waals surface area contributed by atoms with Gasteiger partial charge in [-0.3, -0.25) is 4.79 Å². The van der Waals surface area contributed by atoms with E-state index in [0.29, 0.717) is 25.6 Å². The SMILES string of the molecule is CC(C)=CCN[C@H](CC(C)C)C(=O)N[C@@H](C)CN(CC=C(C)C)c1ccc(OCc2ccccc2)cc1. The second kappa shape index (κ2) is 15.9. The molecule has 2 aromatic carbocycles. The minimum atomic E-state index is -0.203. The molecule has 2 N–H and O–H groups in total. The molecule has 5 nitrogen and oxygen atoms in total. The van der Waals surface area contributed by atoms with Crippen LogP contribution >= 0.6 is 0 Å². The van der Waals surface area contributed by atoms with Gasteiger partial charge in [-0.05, 0) is 76.8 Å². The molecule has 0 saturated carbocycles. The fraction of sp³-hybridized carbons (Fsp3) is 0.469. The molecule has 2 aromatic rings. The Bertz CT molecular complexity index is 988. The van der Waals surface area contributed by atoms with Gasteiger partial charge in [-0.2, -0.15) is 0 Å². The predicted octanol–water partition coefficient (Wildman–Crippen LogP) is 6.51. The van der Waals surface area contributed by atoms with Gasteiger partial charge in [-0.25, -0.2) is 0 Å². The van der Waals surface area contributed by atoms with Crippen LogP contribution in [0.25, 0.3) is 0 Å². The number of hydrogen-bond acceptors (Lipinski definition) is 4. The van der Waals surface area contributed by atoms with Crippen molar-refractivity contribution in [3.05, 3.63) is 83.5 Å². The van der Waals surface area contributed by atoms with Crippen molar-refractivity contribution >= 4 is 11.6 Å². The number of carbonyl (C=O) groups excluding carboxylic acids is 1. The molecule has 37 heavy (non-hydrogen) atoms. The minimum absolute atomic E-state index is 0.00742. The zero-order valence-electron chi connectivity index (χ0n) is 23.9. The molecule has 0 saturated heterocycles. The number of hydrogen-bond donors (Lipinski definition) is 2. The molecule has 2 rings (SSSR count). The summed E-state index contributed by atoms with van der Waals surface area (Å²) >= 11 is 0. The van der Waals surface area contributed by atoms with E-state index >= 15 is 0 Å². The topological polar surface area (TPSA) is 53.6 Å². The van der Waals surface area contributed by atoms with Crippen LogP contribution in [0, 0.1) is 5.92 Å². The van der Waals surface area contributed by atoms with Gasteiger partial charge < -0.3 is 20.3 Å². The van der Waals surface area contributed by atoms with Gasteiger partial charge in [0.05, 0.1) is 6.04 Å². The first kappa shape index (κ1) is 30.2. The van der Waals surface area contributed by atoms with E-state index in [-0.39, 0.29) is 18.0 Å². The molecular formula is C32H47N3O2. The van der Waals surface area contributed by atoms with Gasteiger partial charge in [-0.15, -0.1) is 0 Å². The predicted molar refractivity (Wildman–Crippen MR) is 157 cm³/mol. The van der Waals surface area contributed by atoms with Crippen LogP contribution in [0.5, 0.6) is 5.75 Å². The molecule has 0 spiro atoms. The molecule has 0 heterocycles. The average Bonchev–Trinajstić information content (AvgIpc) is 2.85. The number of rotatable bonds is 15. The van der Waals surface area contributed by atoms with E-state index in [9.17, 15) is 4.79 Å². The highest BCUT2D eigenvalue weighted by Crippen LogP contribution is 2.21. The molecule has 0 aliphatic rings. The maximum absolute atomic E-state index is 13.1. The van der Waals surface area contributed by atoms with E-state index in [1.54, 1.807) is 0 Å².